The van der Waals surface area contributed by atoms with E-state index in [9.17, 15) is 0 Å². The maximum Gasteiger partial charge on any atom is 0.138 e. The Morgan fingerprint density at radius 1 is 1.24 bits per heavy atom. The fraction of sp³-hybridized carbons (Fsp3) is 0.333. The zero-order valence-electron chi connectivity index (χ0n) is 10.2. The lowest BCUT2D eigenvalue weighted by molar-refractivity contribution is 0.830. The van der Waals surface area contributed by atoms with Gasteiger partial charge in [0.15, 0.2) is 0 Å². The van der Waals surface area contributed by atoms with Gasteiger partial charge < -0.3 is 10.6 Å². The number of nitrogens with zero attached hydrogens (tertiary/aromatic N) is 4. The van der Waals surface area contributed by atoms with Gasteiger partial charge in [0.2, 0.25) is 0 Å². The summed E-state index contributed by atoms with van der Waals surface area (Å²) in [6.45, 7) is 0.578. The van der Waals surface area contributed by atoms with E-state index < -0.39 is 0 Å². The van der Waals surface area contributed by atoms with Crippen molar-refractivity contribution in [3.8, 4) is 5.69 Å². The highest BCUT2D eigenvalue weighted by molar-refractivity contribution is 5.49. The molecule has 0 radical (unpaired) electrons. The minimum atomic E-state index is 0.578. The Kier molecular flexibility index (Phi) is 3.39. The van der Waals surface area contributed by atoms with Crippen molar-refractivity contribution in [3.05, 3.63) is 36.4 Å². The van der Waals surface area contributed by atoms with E-state index in [1.807, 2.05) is 18.7 Å². The van der Waals surface area contributed by atoms with Crippen LogP contribution in [0.5, 0.6) is 0 Å². The van der Waals surface area contributed by atoms with Gasteiger partial charge in [-0.2, -0.15) is 0 Å². The Balaban J connectivity index is 2.30. The summed E-state index contributed by atoms with van der Waals surface area (Å²) >= 11 is 0. The Morgan fingerprint density at radius 2 is 1.94 bits per heavy atom. The van der Waals surface area contributed by atoms with Crippen LogP contribution in [0.4, 0.5) is 5.69 Å². The van der Waals surface area contributed by atoms with Crippen LogP contribution in [0.25, 0.3) is 5.69 Å². The van der Waals surface area contributed by atoms with Gasteiger partial charge in [-0.1, -0.05) is 0 Å². The van der Waals surface area contributed by atoms with Gasteiger partial charge in [0.1, 0.15) is 12.2 Å². The molecule has 1 aromatic heterocycles. The molecule has 0 saturated heterocycles. The van der Waals surface area contributed by atoms with Crippen LogP contribution in [0, 0.1) is 0 Å². The van der Waals surface area contributed by atoms with E-state index >= 15 is 0 Å². The third kappa shape index (κ3) is 2.45. The molecule has 5 nitrogen and oxygen atoms in total. The first-order chi connectivity index (χ1) is 8.22. The molecular weight excluding hydrogens is 214 g/mol. The fourth-order valence-electron chi connectivity index (χ4n) is 1.69. The van der Waals surface area contributed by atoms with E-state index in [1.54, 1.807) is 6.33 Å². The van der Waals surface area contributed by atoms with Crippen LogP contribution in [0.1, 0.15) is 5.82 Å². The summed E-state index contributed by atoms with van der Waals surface area (Å²) in [7, 11) is 4.04. The summed E-state index contributed by atoms with van der Waals surface area (Å²) < 4.78 is 1.96. The Morgan fingerprint density at radius 3 is 2.53 bits per heavy atom. The fourth-order valence-corrected chi connectivity index (χ4v) is 1.69. The van der Waals surface area contributed by atoms with Crippen LogP contribution in [0.2, 0.25) is 0 Å². The third-order valence-corrected chi connectivity index (χ3v) is 2.63. The van der Waals surface area contributed by atoms with E-state index in [0.29, 0.717) is 6.54 Å². The van der Waals surface area contributed by atoms with Crippen LogP contribution < -0.4 is 10.6 Å². The van der Waals surface area contributed by atoms with Crippen molar-refractivity contribution in [1.29, 1.82) is 0 Å². The van der Waals surface area contributed by atoms with Crippen molar-refractivity contribution in [2.24, 2.45) is 5.73 Å². The van der Waals surface area contributed by atoms with Crippen molar-refractivity contribution in [2.75, 3.05) is 25.5 Å². The predicted octanol–water partition coefficient (Wildman–Crippen LogP) is 0.834. The van der Waals surface area contributed by atoms with Crippen LogP contribution in [-0.4, -0.2) is 35.4 Å². The molecule has 0 aliphatic carbocycles. The first-order valence-corrected chi connectivity index (χ1v) is 5.59. The zero-order chi connectivity index (χ0) is 12.3. The second kappa shape index (κ2) is 4.97. The summed E-state index contributed by atoms with van der Waals surface area (Å²) in [5, 5.41) is 7.98. The number of benzene rings is 1. The van der Waals surface area contributed by atoms with E-state index in [4.69, 9.17) is 5.73 Å². The highest BCUT2D eigenvalue weighted by Gasteiger charge is 2.05. The summed E-state index contributed by atoms with van der Waals surface area (Å²) in [5.74, 6) is 0.894. The monoisotopic (exact) mass is 231 g/mol. The van der Waals surface area contributed by atoms with Crippen LogP contribution in [0.15, 0.2) is 30.6 Å². The van der Waals surface area contributed by atoms with Crippen molar-refractivity contribution >= 4 is 5.69 Å². The first-order valence-electron chi connectivity index (χ1n) is 5.59. The smallest absolute Gasteiger partial charge is 0.138 e. The van der Waals surface area contributed by atoms with Crippen LogP contribution >= 0.6 is 0 Å². The molecule has 1 aromatic carbocycles. The van der Waals surface area contributed by atoms with Crippen LogP contribution in [-0.2, 0) is 6.42 Å². The molecule has 2 N–H and O–H groups in total. The summed E-state index contributed by atoms with van der Waals surface area (Å²) in [6, 6.07) is 8.25. The van der Waals surface area contributed by atoms with Crippen molar-refractivity contribution in [1.82, 2.24) is 14.8 Å². The third-order valence-electron chi connectivity index (χ3n) is 2.63. The van der Waals surface area contributed by atoms with E-state index in [-0.39, 0.29) is 0 Å². The number of anilines is 1. The average Bonchev–Trinajstić information content (AvgIpc) is 2.78. The molecule has 2 aromatic rings. The first kappa shape index (κ1) is 11.6. The normalized spacial score (nSPS) is 10.5. The summed E-state index contributed by atoms with van der Waals surface area (Å²) in [6.07, 6.45) is 2.45. The van der Waals surface area contributed by atoms with E-state index in [2.05, 4.69) is 39.4 Å². The number of hydrogen-bond donors (Lipinski definition) is 1. The molecule has 17 heavy (non-hydrogen) atoms. The lowest BCUT2D eigenvalue weighted by atomic mass is 10.2. The molecule has 2 rings (SSSR count). The maximum atomic E-state index is 5.54. The van der Waals surface area contributed by atoms with Gasteiger partial charge in [0.05, 0.1) is 0 Å². The zero-order valence-corrected chi connectivity index (χ0v) is 10.2. The van der Waals surface area contributed by atoms with E-state index in [1.165, 1.54) is 5.69 Å². The number of aromatic nitrogens is 3. The Bertz CT molecular complexity index is 472. The number of hydrogen-bond acceptors (Lipinski definition) is 4. The second-order valence-electron chi connectivity index (χ2n) is 4.07. The molecule has 0 aliphatic rings. The van der Waals surface area contributed by atoms with Crippen molar-refractivity contribution in [2.45, 2.75) is 6.42 Å². The molecule has 0 saturated carbocycles. The largest absolute Gasteiger partial charge is 0.378 e. The molecule has 90 valence electrons. The summed E-state index contributed by atoms with van der Waals surface area (Å²) in [5.41, 5.74) is 7.77. The second-order valence-corrected chi connectivity index (χ2v) is 4.07. The number of rotatable bonds is 4. The van der Waals surface area contributed by atoms with Gasteiger partial charge in [-0.05, 0) is 30.8 Å². The van der Waals surface area contributed by atoms with Crippen molar-refractivity contribution in [3.63, 3.8) is 0 Å². The number of nitrogens with two attached hydrogens (primary N) is 1. The summed E-state index contributed by atoms with van der Waals surface area (Å²) in [4.78, 5) is 2.07. The molecule has 0 unspecified atom stereocenters. The molecule has 0 amide bonds. The quantitative estimate of drug-likeness (QED) is 0.847. The highest BCUT2D eigenvalue weighted by atomic mass is 15.3. The molecule has 0 spiro atoms. The Labute approximate surface area is 101 Å². The molecule has 1 heterocycles. The maximum absolute atomic E-state index is 5.54. The van der Waals surface area contributed by atoms with Gasteiger partial charge in [-0.3, -0.25) is 4.57 Å². The van der Waals surface area contributed by atoms with Gasteiger partial charge in [-0.15, -0.1) is 10.2 Å². The SMILES string of the molecule is CN(C)c1ccc(-n2cnnc2CCN)cc1. The van der Waals surface area contributed by atoms with Gasteiger partial charge in [0, 0.05) is 31.9 Å². The van der Waals surface area contributed by atoms with Crippen LogP contribution in [0.3, 0.4) is 0 Å². The van der Waals surface area contributed by atoms with Crippen molar-refractivity contribution < 1.29 is 0 Å². The van der Waals surface area contributed by atoms with Gasteiger partial charge in [-0.25, -0.2) is 0 Å². The molecular formula is C12H17N5. The molecule has 0 aliphatic heterocycles. The minimum Gasteiger partial charge on any atom is -0.378 e. The molecule has 0 fully saturated rings. The lowest BCUT2D eigenvalue weighted by Crippen LogP contribution is -2.10. The topological polar surface area (TPSA) is 60.0 Å². The Hall–Kier alpha value is -1.88. The molecule has 0 atom stereocenters. The van der Waals surface area contributed by atoms with E-state index in [0.717, 1.165) is 17.9 Å². The average molecular weight is 231 g/mol. The standard InChI is InChI=1S/C12H17N5/c1-16(2)10-3-5-11(6-4-10)17-9-14-15-12(17)7-8-13/h3-6,9H,7-8,13H2,1-2H3. The lowest BCUT2D eigenvalue weighted by Gasteiger charge is -2.13. The molecule has 5 heteroatoms. The molecule has 0 bridgehead atoms. The predicted molar refractivity (Wildman–Crippen MR) is 68.4 cm³/mol. The van der Waals surface area contributed by atoms with Gasteiger partial charge >= 0.3 is 0 Å². The highest BCUT2D eigenvalue weighted by Crippen LogP contribution is 2.16. The minimum absolute atomic E-state index is 0.578. The van der Waals surface area contributed by atoms with Gasteiger partial charge in [0.25, 0.3) is 0 Å².